The molecule has 6 nitrogen and oxygen atoms in total. The van der Waals surface area contributed by atoms with Gasteiger partial charge in [-0.15, -0.1) is 5.10 Å². The molecule has 2 aromatic rings. The second kappa shape index (κ2) is 42.2. The number of ether oxygens (including phenoxy) is 3. The van der Waals surface area contributed by atoms with Crippen molar-refractivity contribution >= 4 is 15.9 Å². The van der Waals surface area contributed by atoms with E-state index in [1.165, 1.54) is 218 Å². The lowest BCUT2D eigenvalue weighted by atomic mass is 10.1. The number of benzene rings is 1. The van der Waals surface area contributed by atoms with Crippen LogP contribution in [-0.4, -0.2) is 40.1 Å². The summed E-state index contributed by atoms with van der Waals surface area (Å²) < 4.78 is 21.9. The van der Waals surface area contributed by atoms with E-state index in [1.807, 2.05) is 4.68 Å². The van der Waals surface area contributed by atoms with Crippen molar-refractivity contribution in [3.05, 3.63) is 29.6 Å². The molecule has 0 spiro atoms. The third-order valence-electron chi connectivity index (χ3n) is 12.3. The maximum atomic E-state index is 6.65. The molecule has 0 atom stereocenters. The molecule has 1 aromatic heterocycles. The average molecular weight is 917 g/mol. The molecule has 0 bridgehead atoms. The minimum Gasteiger partial charge on any atom is -0.490 e. The monoisotopic (exact) mass is 916 g/mol. The second-order valence-corrected chi connectivity index (χ2v) is 19.1. The van der Waals surface area contributed by atoms with E-state index in [4.69, 9.17) is 14.2 Å². The lowest BCUT2D eigenvalue weighted by Crippen LogP contribution is -2.08. The summed E-state index contributed by atoms with van der Waals surface area (Å²) in [5, 5.41) is 10.3. The van der Waals surface area contributed by atoms with Gasteiger partial charge in [0.2, 0.25) is 5.75 Å². The lowest BCUT2D eigenvalue weighted by molar-refractivity contribution is 0.233. The zero-order chi connectivity index (χ0) is 43.5. The van der Waals surface area contributed by atoms with E-state index in [-0.39, 0.29) is 0 Å². The first kappa shape index (κ1) is 55.4. The Kier molecular flexibility index (Phi) is 38.3. The van der Waals surface area contributed by atoms with Crippen molar-refractivity contribution in [2.45, 2.75) is 271 Å². The molecule has 1 heterocycles. The highest BCUT2D eigenvalue weighted by Crippen LogP contribution is 2.40. The highest BCUT2D eigenvalue weighted by Gasteiger charge is 2.17. The maximum Gasteiger partial charge on any atom is 0.203 e. The molecule has 0 radical (unpaired) electrons. The van der Waals surface area contributed by atoms with E-state index in [2.05, 4.69) is 65.3 Å². The van der Waals surface area contributed by atoms with Crippen LogP contribution in [0.25, 0.3) is 0 Å². The van der Waals surface area contributed by atoms with E-state index >= 15 is 0 Å². The van der Waals surface area contributed by atoms with Gasteiger partial charge in [0.1, 0.15) is 0 Å². The topological polar surface area (TPSA) is 58.4 Å². The Morgan fingerprint density at radius 2 is 0.770 bits per heavy atom. The number of unbranched alkanes of at least 4 members (excludes halogenated alkanes) is 33. The van der Waals surface area contributed by atoms with Gasteiger partial charge in [-0.2, -0.15) is 0 Å². The molecule has 2 rings (SSSR count). The quantitative estimate of drug-likeness (QED) is 0.0489. The minimum absolute atomic E-state index is 0.641. The molecule has 0 aliphatic carbocycles. The number of rotatable bonds is 47. The van der Waals surface area contributed by atoms with Crippen molar-refractivity contribution in [2.24, 2.45) is 0 Å². The van der Waals surface area contributed by atoms with Crippen LogP contribution in [0.2, 0.25) is 0 Å². The van der Waals surface area contributed by atoms with Gasteiger partial charge in [-0.05, 0) is 56.2 Å². The number of hydrogen-bond acceptors (Lipinski definition) is 5. The van der Waals surface area contributed by atoms with Crippen LogP contribution in [0.5, 0.6) is 17.2 Å². The van der Waals surface area contributed by atoms with E-state index in [0.29, 0.717) is 26.4 Å². The van der Waals surface area contributed by atoms with Gasteiger partial charge < -0.3 is 14.2 Å². The van der Waals surface area contributed by atoms with E-state index in [1.54, 1.807) is 0 Å². The normalized spacial score (nSPS) is 11.5. The number of aromatic nitrogens is 3. The van der Waals surface area contributed by atoms with Crippen LogP contribution in [0.1, 0.15) is 270 Å². The molecule has 0 N–H and O–H groups in total. The second-order valence-electron chi connectivity index (χ2n) is 18.3. The van der Waals surface area contributed by atoms with Crippen LogP contribution in [0, 0.1) is 0 Å². The van der Waals surface area contributed by atoms with Crippen molar-refractivity contribution in [1.29, 1.82) is 0 Å². The molecule has 0 saturated heterocycles. The Labute approximate surface area is 386 Å². The summed E-state index contributed by atoms with van der Waals surface area (Å²) in [6, 6.07) is 4.38. The molecule has 1 aromatic carbocycles. The van der Waals surface area contributed by atoms with Crippen molar-refractivity contribution in [1.82, 2.24) is 15.0 Å². The summed E-state index contributed by atoms with van der Waals surface area (Å²) in [5.74, 6) is 2.45. The Hall–Kier alpha value is -1.76. The molecule has 0 unspecified atom stereocenters. The molecule has 0 aliphatic rings. The summed E-state index contributed by atoms with van der Waals surface area (Å²) in [4.78, 5) is 0. The minimum atomic E-state index is 0.641. The first-order valence-corrected chi connectivity index (χ1v) is 27.8. The van der Waals surface area contributed by atoms with Gasteiger partial charge in [0.05, 0.1) is 32.1 Å². The largest absolute Gasteiger partial charge is 0.490 e. The standard InChI is InChI=1S/C54H98BrN3O3/c1-4-7-10-13-16-19-22-28-33-38-43-59-52-46-50(48-58-49-51(56-57-58)41-36-31-26-25-27-32-37-42-55)47-53(60-44-39-34-29-23-20-17-14-11-8-5-2)54(52)61-45-40-35-30-24-21-18-15-12-9-6-3/h46-47,49H,4-45,48H2,1-3H3. The molecule has 0 saturated carbocycles. The Morgan fingerprint density at radius 3 is 1.16 bits per heavy atom. The number of hydrogen-bond donors (Lipinski definition) is 0. The summed E-state index contributed by atoms with van der Waals surface area (Å²) in [6.45, 7) is 9.63. The maximum absolute atomic E-state index is 6.65. The summed E-state index contributed by atoms with van der Waals surface area (Å²) in [7, 11) is 0. The van der Waals surface area contributed by atoms with Crippen LogP contribution < -0.4 is 14.2 Å². The number of nitrogens with zero attached hydrogens (tertiary/aromatic N) is 3. The fourth-order valence-electron chi connectivity index (χ4n) is 8.39. The molecule has 0 fully saturated rings. The Balaban J connectivity index is 2.05. The smallest absolute Gasteiger partial charge is 0.203 e. The highest BCUT2D eigenvalue weighted by molar-refractivity contribution is 9.09. The number of aryl methyl sites for hydroxylation is 1. The summed E-state index contributed by atoms with van der Waals surface area (Å²) in [5.41, 5.74) is 2.22. The van der Waals surface area contributed by atoms with Crippen LogP contribution in [0.3, 0.4) is 0 Å². The third-order valence-corrected chi connectivity index (χ3v) is 12.9. The van der Waals surface area contributed by atoms with Crippen molar-refractivity contribution in [3.63, 3.8) is 0 Å². The van der Waals surface area contributed by atoms with Gasteiger partial charge in [-0.3, -0.25) is 0 Å². The zero-order valence-electron chi connectivity index (χ0n) is 40.6. The molecule has 0 amide bonds. The zero-order valence-corrected chi connectivity index (χ0v) is 42.2. The van der Waals surface area contributed by atoms with Crippen molar-refractivity contribution in [2.75, 3.05) is 25.2 Å². The van der Waals surface area contributed by atoms with Gasteiger partial charge in [0.25, 0.3) is 0 Å². The number of halogens is 1. The van der Waals surface area contributed by atoms with E-state index < -0.39 is 0 Å². The van der Waals surface area contributed by atoms with Gasteiger partial charge >= 0.3 is 0 Å². The Morgan fingerprint density at radius 1 is 0.426 bits per heavy atom. The van der Waals surface area contributed by atoms with Crippen LogP contribution in [0.4, 0.5) is 0 Å². The van der Waals surface area contributed by atoms with E-state index in [0.717, 1.165) is 59.5 Å². The highest BCUT2D eigenvalue weighted by atomic mass is 79.9. The average Bonchev–Trinajstić information content (AvgIpc) is 3.72. The summed E-state index contributed by atoms with van der Waals surface area (Å²) in [6.07, 6.45) is 51.7. The number of alkyl halides is 1. The first-order chi connectivity index (χ1) is 30.2. The molecular weight excluding hydrogens is 819 g/mol. The van der Waals surface area contributed by atoms with Crippen LogP contribution >= 0.6 is 15.9 Å². The first-order valence-electron chi connectivity index (χ1n) is 26.7. The van der Waals surface area contributed by atoms with E-state index in [9.17, 15) is 0 Å². The predicted octanol–water partition coefficient (Wildman–Crippen LogP) is 17.9. The third kappa shape index (κ3) is 31.7. The fraction of sp³-hybridized carbons (Fsp3) is 0.852. The van der Waals surface area contributed by atoms with Gasteiger partial charge in [0.15, 0.2) is 11.5 Å². The van der Waals surface area contributed by atoms with Crippen molar-refractivity contribution < 1.29 is 14.2 Å². The molecule has 0 aliphatic heterocycles. The SMILES string of the molecule is CCCCCCCCCCCCOc1cc(Cn2cc(CCCCCCCCCBr)nn2)cc(OCCCCCCCCCCCC)c1OCCCCCCCCCCCC. The van der Waals surface area contributed by atoms with Crippen molar-refractivity contribution in [3.8, 4) is 17.2 Å². The van der Waals surface area contributed by atoms with Gasteiger partial charge in [0, 0.05) is 11.5 Å². The fourth-order valence-corrected chi connectivity index (χ4v) is 8.78. The molecule has 61 heavy (non-hydrogen) atoms. The van der Waals surface area contributed by atoms with Crippen LogP contribution in [-0.2, 0) is 13.0 Å². The van der Waals surface area contributed by atoms with Gasteiger partial charge in [-0.1, -0.05) is 247 Å². The predicted molar refractivity (Wildman–Crippen MR) is 267 cm³/mol. The van der Waals surface area contributed by atoms with Gasteiger partial charge in [-0.25, -0.2) is 4.68 Å². The lowest BCUT2D eigenvalue weighted by Gasteiger charge is -2.19. The molecular formula is C54H98BrN3O3. The summed E-state index contributed by atoms with van der Waals surface area (Å²) >= 11 is 3.55. The van der Waals surface area contributed by atoms with Crippen LogP contribution in [0.15, 0.2) is 18.3 Å². The molecule has 7 heteroatoms. The Bertz CT molecular complexity index is 1170. The molecule has 354 valence electrons.